The molecule has 0 fully saturated rings. The number of amides is 1. The zero-order chi connectivity index (χ0) is 24.3. The summed E-state index contributed by atoms with van der Waals surface area (Å²) in [5, 5.41) is 18.5. The second kappa shape index (κ2) is 9.19. The highest BCUT2D eigenvalue weighted by molar-refractivity contribution is 6.08. The lowest BCUT2D eigenvalue weighted by atomic mass is 9.82. The molecule has 0 spiro atoms. The van der Waals surface area contributed by atoms with Crippen molar-refractivity contribution < 1.29 is 14.3 Å². The first-order valence-corrected chi connectivity index (χ1v) is 10.5. The summed E-state index contributed by atoms with van der Waals surface area (Å²) >= 11 is 0. The summed E-state index contributed by atoms with van der Waals surface area (Å²) in [6.07, 6.45) is 0.597. The van der Waals surface area contributed by atoms with Gasteiger partial charge in [0.2, 0.25) is 17.8 Å². The summed E-state index contributed by atoms with van der Waals surface area (Å²) in [6.45, 7) is 8.11. The van der Waals surface area contributed by atoms with Gasteiger partial charge < -0.3 is 25.4 Å². The second-order valence-corrected chi connectivity index (χ2v) is 8.23. The van der Waals surface area contributed by atoms with E-state index in [1.807, 2.05) is 19.9 Å². The fraction of sp³-hybridized carbons (Fsp3) is 0.304. The number of pyridine rings is 1. The molecule has 0 saturated heterocycles. The molecule has 34 heavy (non-hydrogen) atoms. The molecule has 0 bridgehead atoms. The molecule has 1 aromatic heterocycles. The number of nitrogens with zero attached hydrogens (tertiary/aromatic N) is 5. The highest BCUT2D eigenvalue weighted by atomic mass is 16.6. The van der Waals surface area contributed by atoms with Crippen LogP contribution in [-0.4, -0.2) is 49.8 Å². The molecular weight excluding hydrogens is 436 g/mol. The van der Waals surface area contributed by atoms with E-state index in [1.165, 1.54) is 0 Å². The Kier molecular flexibility index (Phi) is 6.14. The van der Waals surface area contributed by atoms with Crippen LogP contribution in [0.15, 0.2) is 39.2 Å². The Labute approximate surface area is 196 Å². The fourth-order valence-electron chi connectivity index (χ4n) is 3.54. The Morgan fingerprint density at radius 2 is 2.00 bits per heavy atom. The molecule has 11 heteroatoms. The number of rotatable bonds is 2. The normalized spacial score (nSPS) is 16.6. The molecule has 174 valence electrons. The van der Waals surface area contributed by atoms with E-state index in [9.17, 15) is 10.1 Å². The van der Waals surface area contributed by atoms with Gasteiger partial charge >= 0.3 is 0 Å². The van der Waals surface area contributed by atoms with Crippen molar-refractivity contribution in [1.82, 2.24) is 4.98 Å². The molecule has 3 heterocycles. The maximum atomic E-state index is 12.3. The number of anilines is 3. The van der Waals surface area contributed by atoms with Crippen molar-refractivity contribution in [3.8, 4) is 17.6 Å². The van der Waals surface area contributed by atoms with Crippen LogP contribution in [0.25, 0.3) is 0 Å². The lowest BCUT2D eigenvalue weighted by molar-refractivity contribution is -0.124. The minimum atomic E-state index is -0.490. The first kappa shape index (κ1) is 22.7. The number of aromatic nitrogens is 1. The van der Waals surface area contributed by atoms with Gasteiger partial charge in [0.05, 0.1) is 5.69 Å². The Hall–Kier alpha value is -4.46. The second-order valence-electron chi connectivity index (χ2n) is 8.23. The van der Waals surface area contributed by atoms with Crippen molar-refractivity contribution >= 4 is 41.9 Å². The minimum absolute atomic E-state index is 0.0814. The van der Waals surface area contributed by atoms with Gasteiger partial charge in [-0.25, -0.2) is 9.98 Å². The monoisotopic (exact) mass is 460 g/mol. The van der Waals surface area contributed by atoms with Crippen molar-refractivity contribution in [2.75, 3.05) is 36.2 Å². The molecule has 11 nitrogen and oxygen atoms in total. The van der Waals surface area contributed by atoms with E-state index in [2.05, 4.69) is 48.7 Å². The molecule has 2 aliphatic heterocycles. The smallest absolute Gasteiger partial charge is 0.231 e. The Morgan fingerprint density at radius 3 is 2.74 bits per heavy atom. The lowest BCUT2D eigenvalue weighted by Gasteiger charge is -2.29. The predicted molar refractivity (Wildman–Crippen MR) is 130 cm³/mol. The maximum absolute atomic E-state index is 12.3. The number of guanidine groups is 2. The summed E-state index contributed by atoms with van der Waals surface area (Å²) < 4.78 is 11.1. The number of benzene rings is 1. The standard InChI is InChI=1S/C23H24N8O3/c1-23(2)11-13-5-8-17(28-19(13)30-20(23)32)29-22(26-4)31-21(25-3)27-15-6-7-16-18(14(15)12-24)34-10-9-33-16/h5-8H,3,9-11H2,1-2,4H3,(H3,26,27,28,29,30,31,32). The molecule has 3 N–H and O–H groups in total. The summed E-state index contributed by atoms with van der Waals surface area (Å²) in [4.78, 5) is 29.1. The van der Waals surface area contributed by atoms with Crippen molar-refractivity contribution in [3.63, 3.8) is 0 Å². The van der Waals surface area contributed by atoms with Crippen LogP contribution >= 0.6 is 0 Å². The molecule has 0 saturated carbocycles. The first-order chi connectivity index (χ1) is 16.3. The van der Waals surface area contributed by atoms with Gasteiger partial charge in [-0.15, -0.1) is 0 Å². The topological polar surface area (TPSA) is 145 Å². The van der Waals surface area contributed by atoms with Crippen molar-refractivity contribution in [2.45, 2.75) is 20.3 Å². The first-order valence-electron chi connectivity index (χ1n) is 10.5. The number of aliphatic imine (C=N–C) groups is 3. The number of carbonyl (C=O) groups is 1. The average molecular weight is 460 g/mol. The molecule has 0 aliphatic carbocycles. The van der Waals surface area contributed by atoms with E-state index in [1.54, 1.807) is 25.2 Å². The molecule has 2 aliphatic rings. The van der Waals surface area contributed by atoms with Crippen LogP contribution < -0.4 is 25.4 Å². The molecule has 1 aromatic carbocycles. The summed E-state index contributed by atoms with van der Waals surface area (Å²) in [7, 11) is 1.56. The van der Waals surface area contributed by atoms with Crippen LogP contribution in [0, 0.1) is 16.7 Å². The van der Waals surface area contributed by atoms with Crippen LogP contribution in [-0.2, 0) is 11.2 Å². The van der Waals surface area contributed by atoms with Crippen molar-refractivity contribution in [1.29, 1.82) is 5.26 Å². The lowest BCUT2D eigenvalue weighted by Crippen LogP contribution is -2.37. The highest BCUT2D eigenvalue weighted by Gasteiger charge is 2.34. The summed E-state index contributed by atoms with van der Waals surface area (Å²) in [5.41, 5.74) is 1.17. The predicted octanol–water partition coefficient (Wildman–Crippen LogP) is 2.81. The SMILES string of the molecule is C=NC(=NC(=NC)Nc1ccc2c(n1)NC(=O)C(C)(C)C2)Nc1ccc2c(c1C#N)OCCO2. The largest absolute Gasteiger partial charge is 0.486 e. The third kappa shape index (κ3) is 4.52. The van der Waals surface area contributed by atoms with Crippen LogP contribution in [0.2, 0.25) is 0 Å². The van der Waals surface area contributed by atoms with Gasteiger partial charge in [0.15, 0.2) is 11.5 Å². The van der Waals surface area contributed by atoms with E-state index >= 15 is 0 Å². The molecule has 0 unspecified atom stereocenters. The third-order valence-corrected chi connectivity index (χ3v) is 5.34. The Morgan fingerprint density at radius 1 is 1.21 bits per heavy atom. The van der Waals surface area contributed by atoms with E-state index < -0.39 is 5.41 Å². The maximum Gasteiger partial charge on any atom is 0.231 e. The number of hydrogen-bond acceptors (Lipinski definition) is 6. The number of nitrogens with one attached hydrogen (secondary N) is 3. The molecule has 1 amide bonds. The Bertz CT molecular complexity index is 1260. The van der Waals surface area contributed by atoms with Gasteiger partial charge in [-0.2, -0.15) is 10.3 Å². The number of ether oxygens (including phenoxy) is 2. The molecule has 0 atom stereocenters. The van der Waals surface area contributed by atoms with Gasteiger partial charge in [0, 0.05) is 12.5 Å². The van der Waals surface area contributed by atoms with Gasteiger partial charge in [0.1, 0.15) is 36.5 Å². The molecule has 2 aromatic rings. The number of carbonyl (C=O) groups excluding carboxylic acids is 1. The van der Waals surface area contributed by atoms with Gasteiger partial charge in [0.25, 0.3) is 0 Å². The van der Waals surface area contributed by atoms with Crippen LogP contribution in [0.1, 0.15) is 25.0 Å². The molecule has 4 rings (SSSR count). The fourth-order valence-corrected chi connectivity index (χ4v) is 3.54. The minimum Gasteiger partial charge on any atom is -0.486 e. The zero-order valence-electron chi connectivity index (χ0n) is 19.1. The van der Waals surface area contributed by atoms with E-state index in [-0.39, 0.29) is 23.4 Å². The van der Waals surface area contributed by atoms with Gasteiger partial charge in [-0.3, -0.25) is 9.79 Å². The van der Waals surface area contributed by atoms with Crippen LogP contribution in [0.4, 0.5) is 17.3 Å². The number of fused-ring (bicyclic) bond motifs is 2. The van der Waals surface area contributed by atoms with Crippen molar-refractivity contribution in [2.24, 2.45) is 20.4 Å². The summed E-state index contributed by atoms with van der Waals surface area (Å²) in [6, 6.07) is 9.20. The van der Waals surface area contributed by atoms with Crippen LogP contribution in [0.5, 0.6) is 11.5 Å². The molecular formula is C23H24N8O3. The number of nitriles is 1. The molecule has 0 radical (unpaired) electrons. The average Bonchev–Trinajstić information content (AvgIpc) is 2.83. The third-order valence-electron chi connectivity index (χ3n) is 5.34. The Balaban J connectivity index is 1.55. The van der Waals surface area contributed by atoms with E-state index in [4.69, 9.17) is 9.47 Å². The zero-order valence-corrected chi connectivity index (χ0v) is 19.1. The van der Waals surface area contributed by atoms with E-state index in [0.717, 1.165) is 5.56 Å². The van der Waals surface area contributed by atoms with E-state index in [0.29, 0.717) is 48.5 Å². The highest BCUT2D eigenvalue weighted by Crippen LogP contribution is 2.38. The van der Waals surface area contributed by atoms with Gasteiger partial charge in [-0.1, -0.05) is 19.9 Å². The number of hydrogen-bond donors (Lipinski definition) is 3. The van der Waals surface area contributed by atoms with Crippen LogP contribution in [0.3, 0.4) is 0 Å². The van der Waals surface area contributed by atoms with Crippen molar-refractivity contribution in [3.05, 3.63) is 35.4 Å². The summed E-state index contributed by atoms with van der Waals surface area (Å²) in [5.74, 6) is 2.04. The quantitative estimate of drug-likeness (QED) is 0.461. The van der Waals surface area contributed by atoms with Gasteiger partial charge in [-0.05, 0) is 36.9 Å².